The number of anilines is 1. The van der Waals surface area contributed by atoms with E-state index in [1.54, 1.807) is 11.3 Å². The number of pyridine rings is 1. The molecule has 0 amide bonds. The van der Waals surface area contributed by atoms with Gasteiger partial charge in [-0.15, -0.1) is 0 Å². The Labute approximate surface area is 217 Å². The Balaban J connectivity index is 1.16. The number of halogens is 1. The highest BCUT2D eigenvalue weighted by molar-refractivity contribution is 9.10. The first kappa shape index (κ1) is 21.7. The van der Waals surface area contributed by atoms with Crippen molar-refractivity contribution in [3.05, 3.63) is 63.5 Å². The van der Waals surface area contributed by atoms with Crippen LogP contribution in [-0.4, -0.2) is 28.2 Å². The van der Waals surface area contributed by atoms with Crippen LogP contribution in [0.1, 0.15) is 60.5 Å². The van der Waals surface area contributed by atoms with Gasteiger partial charge in [0.05, 0.1) is 4.70 Å². The van der Waals surface area contributed by atoms with Crippen LogP contribution in [0, 0.1) is 19.3 Å². The van der Waals surface area contributed by atoms with Crippen LogP contribution in [0.3, 0.4) is 0 Å². The van der Waals surface area contributed by atoms with E-state index >= 15 is 0 Å². The number of aryl methyl sites for hydroxylation is 2. The maximum atomic E-state index is 6.01. The van der Waals surface area contributed by atoms with Crippen LogP contribution in [0.2, 0.25) is 0 Å². The summed E-state index contributed by atoms with van der Waals surface area (Å²) in [5.74, 6) is 1.66. The van der Waals surface area contributed by atoms with Crippen LogP contribution in [0.15, 0.2) is 45.5 Å². The van der Waals surface area contributed by atoms with Crippen molar-refractivity contribution in [2.75, 3.05) is 18.0 Å². The highest BCUT2D eigenvalue weighted by Gasteiger charge is 2.44. The Morgan fingerprint density at radius 1 is 1.11 bits per heavy atom. The number of hydrogen-bond donors (Lipinski definition) is 0. The number of nitrogens with zero attached hydrogens (tertiary/aromatic N) is 4. The monoisotopic (exact) mass is 546 g/mol. The number of allylic oxidation sites excluding steroid dienone is 2. The molecule has 35 heavy (non-hydrogen) atoms. The standard InChI is InChI=1S/C28H27BrN4OS/c1-16-4-3-5-17(2)22(16)24-23(25(34-32-24)18-6-7-18)19-13-28(14-19)8-10-33(11-9-28)27-31-26-21(35-27)12-20(29)15-30-26/h3-5,12-13,15,18H,6-11,14H2,1-2H3. The molecule has 0 atom stereocenters. The van der Waals surface area contributed by atoms with Gasteiger partial charge in [0.25, 0.3) is 0 Å². The fourth-order valence-electron chi connectivity index (χ4n) is 5.86. The fourth-order valence-corrected chi connectivity index (χ4v) is 7.36. The molecule has 4 aromatic rings. The van der Waals surface area contributed by atoms with Crippen LogP contribution >= 0.6 is 27.3 Å². The molecular formula is C28H27BrN4OS. The van der Waals surface area contributed by atoms with Crippen molar-refractivity contribution in [3.63, 3.8) is 0 Å². The number of rotatable bonds is 4. The minimum absolute atomic E-state index is 0.292. The van der Waals surface area contributed by atoms with Crippen molar-refractivity contribution >= 4 is 48.3 Å². The molecule has 7 rings (SSSR count). The second kappa shape index (κ2) is 8.00. The van der Waals surface area contributed by atoms with E-state index in [0.29, 0.717) is 11.3 Å². The number of benzene rings is 1. The Bertz CT molecular complexity index is 1470. The second-order valence-corrected chi connectivity index (χ2v) is 12.4. The molecule has 7 heteroatoms. The molecule has 2 fully saturated rings. The largest absolute Gasteiger partial charge is 0.360 e. The highest BCUT2D eigenvalue weighted by Crippen LogP contribution is 2.56. The fraction of sp³-hybridized carbons (Fsp3) is 0.393. The van der Waals surface area contributed by atoms with Gasteiger partial charge in [0.1, 0.15) is 11.5 Å². The van der Waals surface area contributed by atoms with Gasteiger partial charge in [-0.3, -0.25) is 0 Å². The molecule has 0 unspecified atom stereocenters. The third-order valence-corrected chi connectivity index (χ3v) is 9.45. The molecule has 2 aliphatic carbocycles. The second-order valence-electron chi connectivity index (χ2n) is 10.5. The summed E-state index contributed by atoms with van der Waals surface area (Å²) in [6, 6.07) is 8.60. The molecule has 4 heterocycles. The smallest absolute Gasteiger partial charge is 0.188 e. The first-order valence-electron chi connectivity index (χ1n) is 12.4. The van der Waals surface area contributed by atoms with Gasteiger partial charge in [0.15, 0.2) is 10.8 Å². The molecular weight excluding hydrogens is 520 g/mol. The lowest BCUT2D eigenvalue weighted by Crippen LogP contribution is -2.42. The minimum atomic E-state index is 0.292. The van der Waals surface area contributed by atoms with E-state index in [4.69, 9.17) is 9.51 Å². The van der Waals surface area contributed by atoms with Crippen molar-refractivity contribution < 1.29 is 4.52 Å². The van der Waals surface area contributed by atoms with Crippen molar-refractivity contribution in [1.29, 1.82) is 0 Å². The summed E-state index contributed by atoms with van der Waals surface area (Å²) in [5.41, 5.74) is 8.69. The molecule has 1 saturated carbocycles. The van der Waals surface area contributed by atoms with E-state index in [2.05, 4.69) is 75.2 Å². The summed E-state index contributed by atoms with van der Waals surface area (Å²) in [7, 11) is 0. The predicted octanol–water partition coefficient (Wildman–Crippen LogP) is 7.68. The van der Waals surface area contributed by atoms with Crippen LogP contribution in [0.4, 0.5) is 5.13 Å². The summed E-state index contributed by atoms with van der Waals surface area (Å²) >= 11 is 5.26. The minimum Gasteiger partial charge on any atom is -0.360 e. The molecule has 3 aromatic heterocycles. The van der Waals surface area contributed by atoms with Crippen molar-refractivity contribution in [2.24, 2.45) is 5.41 Å². The molecule has 1 aromatic carbocycles. The number of hydrogen-bond acceptors (Lipinski definition) is 6. The summed E-state index contributed by atoms with van der Waals surface area (Å²) < 4.78 is 8.16. The summed E-state index contributed by atoms with van der Waals surface area (Å²) in [6.45, 7) is 6.43. The zero-order valence-corrected chi connectivity index (χ0v) is 22.4. The van der Waals surface area contributed by atoms with E-state index in [0.717, 1.165) is 63.8 Å². The van der Waals surface area contributed by atoms with Crippen molar-refractivity contribution in [1.82, 2.24) is 15.1 Å². The number of thiazole rings is 1. The SMILES string of the molecule is Cc1cccc(C)c1-c1noc(C2CC2)c1C1=CC2(CCN(c3nc4ncc(Br)cc4s3)CC2)C1. The molecule has 1 spiro atoms. The lowest BCUT2D eigenvalue weighted by molar-refractivity contribution is 0.277. The lowest BCUT2D eigenvalue weighted by atomic mass is 9.63. The van der Waals surface area contributed by atoms with Crippen molar-refractivity contribution in [3.8, 4) is 11.3 Å². The van der Waals surface area contributed by atoms with Crippen LogP contribution in [0.25, 0.3) is 27.2 Å². The Morgan fingerprint density at radius 2 is 1.86 bits per heavy atom. The Hall–Kier alpha value is -2.51. The zero-order chi connectivity index (χ0) is 23.7. The molecule has 3 aliphatic rings. The third-order valence-electron chi connectivity index (χ3n) is 7.96. The van der Waals surface area contributed by atoms with Gasteiger partial charge in [0, 0.05) is 40.8 Å². The Morgan fingerprint density at radius 3 is 2.57 bits per heavy atom. The number of aromatic nitrogens is 3. The summed E-state index contributed by atoms with van der Waals surface area (Å²) in [4.78, 5) is 11.7. The van der Waals surface area contributed by atoms with Gasteiger partial charge in [-0.2, -0.15) is 4.98 Å². The predicted molar refractivity (Wildman–Crippen MR) is 145 cm³/mol. The average Bonchev–Trinajstić information content (AvgIpc) is 3.44. The van der Waals surface area contributed by atoms with Crippen LogP contribution in [0.5, 0.6) is 0 Å². The van der Waals surface area contributed by atoms with E-state index in [9.17, 15) is 0 Å². The van der Waals surface area contributed by atoms with Gasteiger partial charge < -0.3 is 9.42 Å². The van der Waals surface area contributed by atoms with Crippen LogP contribution in [-0.2, 0) is 0 Å². The highest BCUT2D eigenvalue weighted by atomic mass is 79.9. The van der Waals surface area contributed by atoms with Crippen molar-refractivity contribution in [2.45, 2.75) is 51.9 Å². The topological polar surface area (TPSA) is 55.1 Å². The molecule has 178 valence electrons. The first-order chi connectivity index (χ1) is 17.0. The third kappa shape index (κ3) is 3.66. The lowest BCUT2D eigenvalue weighted by Gasteiger charge is -2.46. The molecule has 0 bridgehead atoms. The Kier molecular flexibility index (Phi) is 4.97. The normalized spacial score (nSPS) is 19.3. The van der Waals surface area contributed by atoms with E-state index in [-0.39, 0.29) is 0 Å². The average molecular weight is 548 g/mol. The zero-order valence-electron chi connectivity index (χ0n) is 20.0. The summed E-state index contributed by atoms with van der Waals surface area (Å²) in [5, 5.41) is 5.74. The maximum absolute atomic E-state index is 6.01. The van der Waals surface area contributed by atoms with Gasteiger partial charge in [-0.05, 0) is 90.1 Å². The number of piperidine rings is 1. The maximum Gasteiger partial charge on any atom is 0.188 e. The van der Waals surface area contributed by atoms with Gasteiger partial charge >= 0.3 is 0 Å². The van der Waals surface area contributed by atoms with Gasteiger partial charge in [0.2, 0.25) is 0 Å². The van der Waals surface area contributed by atoms with Crippen LogP contribution < -0.4 is 4.90 Å². The molecule has 1 aliphatic heterocycles. The van der Waals surface area contributed by atoms with E-state index in [1.165, 1.54) is 40.7 Å². The van der Waals surface area contributed by atoms with E-state index < -0.39 is 0 Å². The quantitative estimate of drug-likeness (QED) is 0.262. The van der Waals surface area contributed by atoms with Gasteiger partial charge in [-0.1, -0.05) is 40.8 Å². The molecule has 1 saturated heterocycles. The molecule has 5 nitrogen and oxygen atoms in total. The summed E-state index contributed by atoms with van der Waals surface area (Å²) in [6.07, 6.45) is 10.2. The van der Waals surface area contributed by atoms with E-state index in [1.807, 2.05) is 6.20 Å². The van der Waals surface area contributed by atoms with Gasteiger partial charge in [-0.25, -0.2) is 4.98 Å². The first-order valence-corrected chi connectivity index (χ1v) is 14.1. The number of fused-ring (bicyclic) bond motifs is 1. The molecule has 0 radical (unpaired) electrons. The molecule has 0 N–H and O–H groups in total.